The van der Waals surface area contributed by atoms with Crippen LogP contribution < -0.4 is 0 Å². The molecule has 0 atom stereocenters. The highest BCUT2D eigenvalue weighted by Gasteiger charge is 2.22. The highest BCUT2D eigenvalue weighted by atomic mass is 16.2. The van der Waals surface area contributed by atoms with Crippen LogP contribution in [-0.2, 0) is 11.3 Å². The third kappa shape index (κ3) is 4.24. The van der Waals surface area contributed by atoms with Gasteiger partial charge < -0.3 is 4.90 Å². The fraction of sp³-hybridized carbons (Fsp3) is 0.579. The van der Waals surface area contributed by atoms with Gasteiger partial charge in [-0.1, -0.05) is 57.4 Å². The van der Waals surface area contributed by atoms with Crippen LogP contribution in [0.15, 0.2) is 24.3 Å². The molecule has 1 aromatic heterocycles. The van der Waals surface area contributed by atoms with Crippen LogP contribution in [-0.4, -0.2) is 44.1 Å². The first-order valence-corrected chi connectivity index (χ1v) is 9.18. The molecule has 0 radical (unpaired) electrons. The summed E-state index contributed by atoms with van der Waals surface area (Å²) in [6.45, 7) is 4.47. The Morgan fingerprint density at radius 1 is 1.20 bits per heavy atom. The van der Waals surface area contributed by atoms with Crippen LogP contribution in [0.1, 0.15) is 57.4 Å². The quantitative estimate of drug-likeness (QED) is 0.837. The number of hydrogen-bond donors (Lipinski definition) is 0. The SMILES string of the molecule is CC(C)c1ccc(-c2nnn(CC(=O)N(C)C3CCCCC3)n2)cc1. The second-order valence-corrected chi connectivity index (χ2v) is 7.22. The maximum atomic E-state index is 12.5. The summed E-state index contributed by atoms with van der Waals surface area (Å²) in [5, 5.41) is 12.5. The van der Waals surface area contributed by atoms with Gasteiger partial charge in [-0.3, -0.25) is 4.79 Å². The highest BCUT2D eigenvalue weighted by Crippen LogP contribution is 2.22. The van der Waals surface area contributed by atoms with Gasteiger partial charge in [-0.15, -0.1) is 10.2 Å². The summed E-state index contributed by atoms with van der Waals surface area (Å²) in [5.41, 5.74) is 2.20. The zero-order valence-corrected chi connectivity index (χ0v) is 15.4. The number of carbonyl (C=O) groups excluding carboxylic acids is 1. The number of aromatic nitrogens is 4. The van der Waals surface area contributed by atoms with Crippen LogP contribution in [0, 0.1) is 0 Å². The molecule has 0 bridgehead atoms. The van der Waals surface area contributed by atoms with Gasteiger partial charge in [0.1, 0.15) is 6.54 Å². The summed E-state index contributed by atoms with van der Waals surface area (Å²) in [7, 11) is 1.89. The maximum Gasteiger partial charge on any atom is 0.246 e. The summed E-state index contributed by atoms with van der Waals surface area (Å²) in [6, 6.07) is 8.54. The van der Waals surface area contributed by atoms with E-state index in [1.807, 2.05) is 24.1 Å². The Labute approximate surface area is 149 Å². The van der Waals surface area contributed by atoms with Crippen molar-refractivity contribution in [3.63, 3.8) is 0 Å². The Morgan fingerprint density at radius 2 is 1.88 bits per heavy atom. The van der Waals surface area contributed by atoms with E-state index >= 15 is 0 Å². The Kier molecular flexibility index (Phi) is 5.46. The standard InChI is InChI=1S/C19H27N5O/c1-14(2)15-9-11-16(12-10-15)19-20-22-24(21-19)13-18(25)23(3)17-7-5-4-6-8-17/h9-12,14,17H,4-8,13H2,1-3H3. The van der Waals surface area contributed by atoms with E-state index in [0.29, 0.717) is 17.8 Å². The lowest BCUT2D eigenvalue weighted by Crippen LogP contribution is -2.40. The monoisotopic (exact) mass is 341 g/mol. The smallest absolute Gasteiger partial charge is 0.246 e. The number of carbonyl (C=O) groups is 1. The topological polar surface area (TPSA) is 63.9 Å². The van der Waals surface area contributed by atoms with Gasteiger partial charge >= 0.3 is 0 Å². The molecule has 25 heavy (non-hydrogen) atoms. The van der Waals surface area contributed by atoms with Crippen molar-refractivity contribution in [3.8, 4) is 11.4 Å². The molecule has 1 aromatic carbocycles. The summed E-state index contributed by atoms with van der Waals surface area (Å²) in [6.07, 6.45) is 5.89. The summed E-state index contributed by atoms with van der Waals surface area (Å²) >= 11 is 0. The van der Waals surface area contributed by atoms with Gasteiger partial charge in [0.2, 0.25) is 11.7 Å². The van der Waals surface area contributed by atoms with E-state index in [1.54, 1.807) is 0 Å². The van der Waals surface area contributed by atoms with Gasteiger partial charge in [0.05, 0.1) is 0 Å². The molecule has 134 valence electrons. The van der Waals surface area contributed by atoms with E-state index in [1.165, 1.54) is 29.6 Å². The van der Waals surface area contributed by atoms with Gasteiger partial charge in [-0.05, 0) is 29.5 Å². The van der Waals surface area contributed by atoms with Crippen LogP contribution in [0.3, 0.4) is 0 Å². The summed E-state index contributed by atoms with van der Waals surface area (Å²) in [5.74, 6) is 1.10. The van der Waals surface area contributed by atoms with Gasteiger partial charge in [0.25, 0.3) is 0 Å². The van der Waals surface area contributed by atoms with Crippen molar-refractivity contribution in [1.82, 2.24) is 25.1 Å². The first-order chi connectivity index (χ1) is 12.0. The fourth-order valence-electron chi connectivity index (χ4n) is 3.35. The molecule has 1 aliphatic carbocycles. The second-order valence-electron chi connectivity index (χ2n) is 7.22. The van der Waals surface area contributed by atoms with Crippen LogP contribution >= 0.6 is 0 Å². The number of rotatable bonds is 5. The van der Waals surface area contributed by atoms with Crippen LogP contribution in [0.2, 0.25) is 0 Å². The predicted octanol–water partition coefficient (Wildman–Crippen LogP) is 3.25. The van der Waals surface area contributed by atoms with E-state index in [2.05, 4.69) is 41.4 Å². The minimum atomic E-state index is 0.0472. The fourth-order valence-corrected chi connectivity index (χ4v) is 3.35. The third-order valence-corrected chi connectivity index (χ3v) is 5.08. The van der Waals surface area contributed by atoms with Crippen molar-refractivity contribution in [2.75, 3.05) is 7.05 Å². The largest absolute Gasteiger partial charge is 0.341 e. The predicted molar refractivity (Wildman–Crippen MR) is 97.0 cm³/mol. The Bertz CT molecular complexity index is 701. The number of nitrogens with zero attached hydrogens (tertiary/aromatic N) is 5. The molecule has 3 rings (SSSR count). The molecule has 1 aliphatic rings. The van der Waals surface area contributed by atoms with Crippen molar-refractivity contribution < 1.29 is 4.79 Å². The highest BCUT2D eigenvalue weighted by molar-refractivity contribution is 5.75. The molecular formula is C19H27N5O. The van der Waals surface area contributed by atoms with Crippen molar-refractivity contribution in [3.05, 3.63) is 29.8 Å². The van der Waals surface area contributed by atoms with Crippen LogP contribution in [0.25, 0.3) is 11.4 Å². The average molecular weight is 341 g/mol. The zero-order chi connectivity index (χ0) is 17.8. The lowest BCUT2D eigenvalue weighted by molar-refractivity contribution is -0.133. The average Bonchev–Trinajstić information content (AvgIpc) is 3.10. The molecule has 1 amide bonds. The molecule has 0 spiro atoms. The van der Waals surface area contributed by atoms with E-state index in [0.717, 1.165) is 18.4 Å². The number of amides is 1. The van der Waals surface area contributed by atoms with E-state index in [4.69, 9.17) is 0 Å². The lowest BCUT2D eigenvalue weighted by Gasteiger charge is -2.31. The van der Waals surface area contributed by atoms with Crippen molar-refractivity contribution >= 4 is 5.91 Å². The number of hydrogen-bond acceptors (Lipinski definition) is 4. The Hall–Kier alpha value is -2.24. The molecule has 2 aromatic rings. The minimum absolute atomic E-state index is 0.0472. The Balaban J connectivity index is 1.63. The molecule has 1 saturated carbocycles. The lowest BCUT2D eigenvalue weighted by atomic mass is 9.94. The molecule has 0 saturated heterocycles. The second kappa shape index (κ2) is 7.76. The normalized spacial score (nSPS) is 15.5. The molecule has 0 aliphatic heterocycles. The molecule has 1 fully saturated rings. The van der Waals surface area contributed by atoms with Crippen molar-refractivity contribution in [2.45, 2.75) is 64.5 Å². The molecule has 6 heteroatoms. The first kappa shape index (κ1) is 17.6. The van der Waals surface area contributed by atoms with Gasteiger partial charge in [0.15, 0.2) is 0 Å². The van der Waals surface area contributed by atoms with E-state index < -0.39 is 0 Å². The first-order valence-electron chi connectivity index (χ1n) is 9.18. The third-order valence-electron chi connectivity index (χ3n) is 5.08. The van der Waals surface area contributed by atoms with Gasteiger partial charge in [0, 0.05) is 18.7 Å². The van der Waals surface area contributed by atoms with E-state index in [9.17, 15) is 4.79 Å². The number of benzene rings is 1. The van der Waals surface area contributed by atoms with Crippen LogP contribution in [0.4, 0.5) is 0 Å². The zero-order valence-electron chi connectivity index (χ0n) is 15.4. The molecule has 0 unspecified atom stereocenters. The van der Waals surface area contributed by atoms with Crippen molar-refractivity contribution in [2.24, 2.45) is 0 Å². The van der Waals surface area contributed by atoms with Gasteiger partial charge in [-0.2, -0.15) is 4.80 Å². The molecule has 6 nitrogen and oxygen atoms in total. The minimum Gasteiger partial charge on any atom is -0.341 e. The van der Waals surface area contributed by atoms with E-state index in [-0.39, 0.29) is 12.5 Å². The molecule has 0 N–H and O–H groups in total. The summed E-state index contributed by atoms with van der Waals surface area (Å²) in [4.78, 5) is 15.7. The van der Waals surface area contributed by atoms with Gasteiger partial charge in [-0.25, -0.2) is 0 Å². The van der Waals surface area contributed by atoms with Crippen LogP contribution in [0.5, 0.6) is 0 Å². The Morgan fingerprint density at radius 3 is 2.52 bits per heavy atom. The van der Waals surface area contributed by atoms with Crippen molar-refractivity contribution in [1.29, 1.82) is 0 Å². The molecular weight excluding hydrogens is 314 g/mol. The number of tetrazole rings is 1. The summed E-state index contributed by atoms with van der Waals surface area (Å²) < 4.78 is 0. The maximum absolute atomic E-state index is 12.5. The molecule has 1 heterocycles. The number of likely N-dealkylation sites (N-methyl/N-ethyl adjacent to an activating group) is 1.